The Morgan fingerprint density at radius 3 is 3.38 bits per heavy atom. The van der Waals surface area contributed by atoms with Crippen molar-refractivity contribution in [2.75, 3.05) is 0 Å². The topological polar surface area (TPSA) is 0 Å². The van der Waals surface area contributed by atoms with E-state index in [9.17, 15) is 0 Å². The van der Waals surface area contributed by atoms with Crippen molar-refractivity contribution in [3.05, 3.63) is 35.2 Å². The van der Waals surface area contributed by atoms with Crippen molar-refractivity contribution in [2.45, 2.75) is 0 Å². The second-order valence-corrected chi connectivity index (χ2v) is 2.50. The van der Waals surface area contributed by atoms with Gasteiger partial charge in [-0.25, -0.2) is 0 Å². The standard InChI is InChI=1S/C7H4P/c1-2-6-4-8-5-7(6)3-1/h1-4H. The van der Waals surface area contributed by atoms with Crippen molar-refractivity contribution in [2.24, 2.45) is 0 Å². The van der Waals surface area contributed by atoms with E-state index >= 15 is 0 Å². The minimum atomic E-state index is 1.22. The van der Waals surface area contributed by atoms with Crippen LogP contribution in [0.5, 0.6) is 0 Å². The van der Waals surface area contributed by atoms with Crippen molar-refractivity contribution >= 4 is 14.0 Å². The van der Waals surface area contributed by atoms with Crippen molar-refractivity contribution in [1.82, 2.24) is 0 Å². The van der Waals surface area contributed by atoms with Gasteiger partial charge in [-0.2, -0.15) is 0 Å². The summed E-state index contributed by atoms with van der Waals surface area (Å²) in [6.07, 6.45) is 6.26. The predicted molar refractivity (Wildman–Crippen MR) is 37.2 cm³/mol. The van der Waals surface area contributed by atoms with Crippen LogP contribution in [0.3, 0.4) is 0 Å². The van der Waals surface area contributed by atoms with Gasteiger partial charge in [-0.1, -0.05) is 26.4 Å². The van der Waals surface area contributed by atoms with Crippen LogP contribution in [0.2, 0.25) is 0 Å². The fourth-order valence-corrected chi connectivity index (χ4v) is 1.59. The molecule has 1 radical (unpaired) electrons. The van der Waals surface area contributed by atoms with Crippen molar-refractivity contribution in [3.63, 3.8) is 0 Å². The molecule has 0 N–H and O–H groups in total. The number of fused-ring (bicyclic) bond motifs is 1. The molecule has 2 rings (SSSR count). The van der Waals surface area contributed by atoms with Crippen LogP contribution in [0.15, 0.2) is 35.2 Å². The first-order valence-electron chi connectivity index (χ1n) is 2.51. The second kappa shape index (κ2) is 1.43. The van der Waals surface area contributed by atoms with E-state index in [2.05, 4.69) is 29.8 Å². The summed E-state index contributed by atoms with van der Waals surface area (Å²) in [5, 5.41) is 0. The van der Waals surface area contributed by atoms with Gasteiger partial charge in [-0.15, -0.1) is 0 Å². The Balaban J connectivity index is 2.59. The third-order valence-electron chi connectivity index (χ3n) is 1.24. The van der Waals surface area contributed by atoms with Gasteiger partial charge in [0.15, 0.2) is 0 Å². The highest BCUT2D eigenvalue weighted by molar-refractivity contribution is 7.43. The normalized spacial score (nSPS) is 23.0. The Morgan fingerprint density at radius 2 is 2.50 bits per heavy atom. The number of allylic oxidation sites excluding steroid dienone is 5. The maximum Gasteiger partial charge on any atom is 0.0221 e. The zero-order valence-electron chi connectivity index (χ0n) is 4.26. The molecule has 1 heteroatoms. The molecule has 0 nitrogen and oxygen atoms in total. The molecule has 0 fully saturated rings. The molecule has 0 unspecified atom stereocenters. The lowest BCUT2D eigenvalue weighted by atomic mass is 10.2. The molecule has 0 bridgehead atoms. The molecule has 1 heterocycles. The highest BCUT2D eigenvalue weighted by Crippen LogP contribution is 2.26. The maximum absolute atomic E-state index is 3.20. The van der Waals surface area contributed by atoms with Gasteiger partial charge in [0.05, 0.1) is 0 Å². The van der Waals surface area contributed by atoms with E-state index in [1.165, 1.54) is 19.4 Å². The first-order chi connectivity index (χ1) is 3.97. The zero-order valence-corrected chi connectivity index (χ0v) is 5.15. The molecule has 37 valence electrons. The summed E-state index contributed by atoms with van der Waals surface area (Å²) in [5.41, 5.74) is 2.61. The van der Waals surface area contributed by atoms with Crippen LogP contribution in [0, 0.1) is 0 Å². The lowest BCUT2D eigenvalue weighted by Gasteiger charge is -1.84. The zero-order chi connectivity index (χ0) is 5.40. The van der Waals surface area contributed by atoms with Gasteiger partial charge in [0.25, 0.3) is 0 Å². The predicted octanol–water partition coefficient (Wildman–Crippen LogP) is 2.01. The minimum Gasteiger partial charge on any atom is -0.0661 e. The average Bonchev–Trinajstić information content (AvgIpc) is 2.15. The summed E-state index contributed by atoms with van der Waals surface area (Å²) in [6.45, 7) is 0. The molecule has 8 heavy (non-hydrogen) atoms. The lowest BCUT2D eigenvalue weighted by molar-refractivity contribution is 1.77. The molecular weight excluding hydrogens is 115 g/mol. The van der Waals surface area contributed by atoms with Crippen LogP contribution in [0.4, 0.5) is 0 Å². The van der Waals surface area contributed by atoms with Gasteiger partial charge in [0.1, 0.15) is 0 Å². The van der Waals surface area contributed by atoms with Gasteiger partial charge in [-0.3, -0.25) is 0 Å². The number of rotatable bonds is 0. The van der Waals surface area contributed by atoms with Crippen LogP contribution in [0.25, 0.3) is 0 Å². The molecule has 0 saturated carbocycles. The molecule has 0 aromatic carbocycles. The summed E-state index contributed by atoms with van der Waals surface area (Å²) in [7, 11) is 1.22. The second-order valence-electron chi connectivity index (χ2n) is 1.76. The summed E-state index contributed by atoms with van der Waals surface area (Å²) < 4.78 is 0. The molecule has 0 amide bonds. The smallest absolute Gasteiger partial charge is 0.0221 e. The van der Waals surface area contributed by atoms with E-state index in [0.29, 0.717) is 0 Å². The van der Waals surface area contributed by atoms with E-state index in [0.717, 1.165) is 0 Å². The lowest BCUT2D eigenvalue weighted by Crippen LogP contribution is -1.73. The van der Waals surface area contributed by atoms with Crippen molar-refractivity contribution in [3.8, 4) is 0 Å². The number of hydrogen-bond donors (Lipinski definition) is 0. The third kappa shape index (κ3) is 0.439. The maximum atomic E-state index is 3.20. The molecular formula is C7H4P. The highest BCUT2D eigenvalue weighted by Gasteiger charge is 2.05. The van der Waals surface area contributed by atoms with Crippen LogP contribution >= 0.6 is 8.20 Å². The number of hydrogen-bond acceptors (Lipinski definition) is 0. The molecule has 0 aromatic heterocycles. The first kappa shape index (κ1) is 4.29. The summed E-state index contributed by atoms with van der Waals surface area (Å²) in [4.78, 5) is 0. The fraction of sp³-hybridized carbons (Fsp3) is 0. The van der Waals surface area contributed by atoms with Gasteiger partial charge in [0, 0.05) is 5.80 Å². The van der Waals surface area contributed by atoms with E-state index < -0.39 is 0 Å². The van der Waals surface area contributed by atoms with Gasteiger partial charge < -0.3 is 0 Å². The Kier molecular flexibility index (Phi) is 0.767. The van der Waals surface area contributed by atoms with E-state index in [1.54, 1.807) is 0 Å². The minimum absolute atomic E-state index is 1.22. The Hall–Kier alpha value is -0.610. The molecule has 1 aliphatic heterocycles. The molecule has 0 atom stereocenters. The Morgan fingerprint density at radius 1 is 1.50 bits per heavy atom. The largest absolute Gasteiger partial charge is 0.0661 e. The van der Waals surface area contributed by atoms with Crippen LogP contribution in [0.1, 0.15) is 0 Å². The van der Waals surface area contributed by atoms with E-state index in [4.69, 9.17) is 0 Å². The summed E-state index contributed by atoms with van der Waals surface area (Å²) in [6, 6.07) is 0. The Bertz CT molecular complexity index is 203. The molecule has 2 aliphatic rings. The highest BCUT2D eigenvalue weighted by atomic mass is 31.1. The molecule has 0 saturated heterocycles. The quantitative estimate of drug-likeness (QED) is 0.428. The van der Waals surface area contributed by atoms with Gasteiger partial charge >= 0.3 is 0 Å². The van der Waals surface area contributed by atoms with E-state index in [1.807, 2.05) is 0 Å². The SMILES string of the molecule is [C]1=PC=C2C=CC=C12. The third-order valence-corrected chi connectivity index (χ3v) is 2.02. The average molecular weight is 119 g/mol. The molecule has 0 spiro atoms. The molecule has 1 aliphatic carbocycles. The van der Waals surface area contributed by atoms with E-state index in [-0.39, 0.29) is 0 Å². The van der Waals surface area contributed by atoms with Crippen LogP contribution in [-0.2, 0) is 0 Å². The monoisotopic (exact) mass is 119 g/mol. The van der Waals surface area contributed by atoms with Gasteiger partial charge in [-0.05, 0) is 17.0 Å². The van der Waals surface area contributed by atoms with Crippen LogP contribution < -0.4 is 0 Å². The molecule has 0 aromatic rings. The van der Waals surface area contributed by atoms with Crippen LogP contribution in [-0.4, -0.2) is 5.80 Å². The fourth-order valence-electron chi connectivity index (χ4n) is 0.820. The first-order valence-corrected chi connectivity index (χ1v) is 3.48. The van der Waals surface area contributed by atoms with Gasteiger partial charge in [0.2, 0.25) is 0 Å². The summed E-state index contributed by atoms with van der Waals surface area (Å²) in [5.74, 6) is 5.36. The van der Waals surface area contributed by atoms with Crippen molar-refractivity contribution < 1.29 is 0 Å². The Labute approximate surface area is 50.0 Å². The summed E-state index contributed by atoms with van der Waals surface area (Å²) >= 11 is 0. The van der Waals surface area contributed by atoms with Crippen molar-refractivity contribution in [1.29, 1.82) is 0 Å².